The summed E-state index contributed by atoms with van der Waals surface area (Å²) in [5.41, 5.74) is 0.0323. The largest absolute Gasteiger partial charge is 0.369 e. The normalized spacial score (nSPS) is 20.9. The lowest BCUT2D eigenvalue weighted by Crippen LogP contribution is -2.44. The zero-order chi connectivity index (χ0) is 16.6. The highest BCUT2D eigenvalue weighted by atomic mass is 79.9. The van der Waals surface area contributed by atoms with Gasteiger partial charge in [-0.1, -0.05) is 34.1 Å². The van der Waals surface area contributed by atoms with Gasteiger partial charge in [0, 0.05) is 15.7 Å². The van der Waals surface area contributed by atoms with Crippen LogP contribution in [0.5, 0.6) is 0 Å². The van der Waals surface area contributed by atoms with Crippen LogP contribution in [0.4, 0.5) is 5.69 Å². The molecule has 0 radical (unpaired) electrons. The molecule has 3 rings (SSSR count). The van der Waals surface area contributed by atoms with Crippen molar-refractivity contribution in [3.8, 4) is 0 Å². The minimum absolute atomic E-state index is 0.121. The first kappa shape index (κ1) is 16.1. The highest BCUT2D eigenvalue weighted by Gasteiger charge is 2.46. The Morgan fingerprint density at radius 1 is 1.17 bits per heavy atom. The van der Waals surface area contributed by atoms with E-state index in [1.807, 2.05) is 30.3 Å². The van der Waals surface area contributed by atoms with E-state index in [1.54, 1.807) is 36.1 Å². The molecule has 23 heavy (non-hydrogen) atoms. The van der Waals surface area contributed by atoms with Gasteiger partial charge in [-0.2, -0.15) is 0 Å². The molecule has 2 aromatic rings. The van der Waals surface area contributed by atoms with Crippen molar-refractivity contribution >= 4 is 44.9 Å². The molecule has 1 N–H and O–H groups in total. The number of aliphatic hydroxyl groups is 1. The van der Waals surface area contributed by atoms with Crippen LogP contribution in [0, 0.1) is 0 Å². The molecule has 0 bridgehead atoms. The van der Waals surface area contributed by atoms with Crippen LogP contribution in [0.25, 0.3) is 0 Å². The predicted molar refractivity (Wildman–Crippen MR) is 97.3 cm³/mol. The van der Waals surface area contributed by atoms with E-state index in [2.05, 4.69) is 15.9 Å². The summed E-state index contributed by atoms with van der Waals surface area (Å²) in [6, 6.07) is 16.4. The second-order valence-electron chi connectivity index (χ2n) is 5.57. The number of amides is 1. The molecule has 2 aromatic carbocycles. The number of nitrogens with zero attached hydrogens (tertiary/aromatic N) is 2. The molecule has 0 unspecified atom stereocenters. The molecule has 0 saturated carbocycles. The summed E-state index contributed by atoms with van der Waals surface area (Å²) in [7, 11) is 0. The third-order valence-corrected chi connectivity index (χ3v) is 4.64. The fourth-order valence-electron chi connectivity index (χ4n) is 2.64. The van der Waals surface area contributed by atoms with E-state index >= 15 is 0 Å². The van der Waals surface area contributed by atoms with Crippen molar-refractivity contribution in [1.82, 2.24) is 4.90 Å². The van der Waals surface area contributed by atoms with Crippen LogP contribution in [-0.2, 0) is 0 Å². The van der Waals surface area contributed by atoms with E-state index in [0.717, 1.165) is 10.2 Å². The van der Waals surface area contributed by atoms with Gasteiger partial charge in [0.15, 0.2) is 10.8 Å². The van der Waals surface area contributed by atoms with Crippen molar-refractivity contribution < 1.29 is 9.90 Å². The first-order chi connectivity index (χ1) is 10.9. The van der Waals surface area contributed by atoms with Gasteiger partial charge in [0.05, 0.1) is 6.54 Å². The van der Waals surface area contributed by atoms with Gasteiger partial charge in [-0.15, -0.1) is 0 Å². The number of anilines is 1. The molecule has 1 atom stereocenters. The summed E-state index contributed by atoms with van der Waals surface area (Å²) in [5.74, 6) is -0.213. The number of thiocarbonyl (C=S) groups is 1. The number of hydrogen-bond acceptors (Lipinski definition) is 3. The summed E-state index contributed by atoms with van der Waals surface area (Å²) in [6.07, 6.45) is 0. The molecular weight excluding hydrogens is 376 g/mol. The quantitative estimate of drug-likeness (QED) is 0.797. The Balaban J connectivity index is 1.93. The molecule has 1 heterocycles. The van der Waals surface area contributed by atoms with Gasteiger partial charge < -0.3 is 5.11 Å². The lowest BCUT2D eigenvalue weighted by Gasteiger charge is -2.29. The number of carbonyl (C=O) groups is 1. The van der Waals surface area contributed by atoms with E-state index in [9.17, 15) is 9.90 Å². The first-order valence-electron chi connectivity index (χ1n) is 7.09. The predicted octanol–water partition coefficient (Wildman–Crippen LogP) is 3.40. The first-order valence-corrected chi connectivity index (χ1v) is 8.29. The summed E-state index contributed by atoms with van der Waals surface area (Å²) in [5, 5.41) is 11.0. The van der Waals surface area contributed by atoms with Crippen molar-refractivity contribution in [2.45, 2.75) is 12.6 Å². The third kappa shape index (κ3) is 3.02. The second kappa shape index (κ2) is 6.03. The maximum absolute atomic E-state index is 12.7. The number of hydrogen-bond donors (Lipinski definition) is 1. The summed E-state index contributed by atoms with van der Waals surface area (Å²) < 4.78 is 0.934. The van der Waals surface area contributed by atoms with E-state index in [-0.39, 0.29) is 12.5 Å². The van der Waals surface area contributed by atoms with Crippen molar-refractivity contribution in [1.29, 1.82) is 0 Å². The van der Waals surface area contributed by atoms with E-state index in [0.29, 0.717) is 10.7 Å². The Bertz CT molecular complexity index is 747. The smallest absolute Gasteiger partial charge is 0.260 e. The minimum atomic E-state index is -1.25. The van der Waals surface area contributed by atoms with Crippen LogP contribution >= 0.6 is 28.1 Å². The van der Waals surface area contributed by atoms with Gasteiger partial charge in [0.2, 0.25) is 0 Å². The van der Waals surface area contributed by atoms with Crippen LogP contribution in [0.2, 0.25) is 0 Å². The number of rotatable bonds is 2. The topological polar surface area (TPSA) is 43.8 Å². The lowest BCUT2D eigenvalue weighted by molar-refractivity contribution is 0.0588. The highest BCUT2D eigenvalue weighted by Crippen LogP contribution is 2.32. The fourth-order valence-corrected chi connectivity index (χ4v) is 3.35. The molecule has 4 nitrogen and oxygen atoms in total. The molecule has 118 valence electrons. The van der Waals surface area contributed by atoms with Crippen LogP contribution in [-0.4, -0.2) is 33.3 Å². The monoisotopic (exact) mass is 390 g/mol. The number of benzene rings is 2. The van der Waals surface area contributed by atoms with Gasteiger partial charge in [0.25, 0.3) is 5.91 Å². The molecule has 6 heteroatoms. The Morgan fingerprint density at radius 3 is 2.39 bits per heavy atom. The van der Waals surface area contributed by atoms with E-state index < -0.39 is 5.72 Å². The zero-order valence-corrected chi connectivity index (χ0v) is 14.8. The zero-order valence-electron chi connectivity index (χ0n) is 12.4. The maximum Gasteiger partial charge on any atom is 0.260 e. The minimum Gasteiger partial charge on any atom is -0.369 e. The van der Waals surface area contributed by atoms with Gasteiger partial charge >= 0.3 is 0 Å². The molecular formula is C17H15BrN2O2S. The molecule has 1 amide bonds. The number of β-amino-alcohol motifs (C(OH)–C–C–N with tert-alkyl or cyclic N) is 1. The Hall–Kier alpha value is -1.76. The lowest BCUT2D eigenvalue weighted by atomic mass is 10.2. The highest BCUT2D eigenvalue weighted by molar-refractivity contribution is 9.10. The van der Waals surface area contributed by atoms with Crippen molar-refractivity contribution in [3.05, 3.63) is 64.6 Å². The van der Waals surface area contributed by atoms with Crippen molar-refractivity contribution in [3.63, 3.8) is 0 Å². The van der Waals surface area contributed by atoms with Crippen molar-refractivity contribution in [2.75, 3.05) is 11.4 Å². The standard InChI is InChI=1S/C17H15BrN2O2S/c1-17(22)11-19(15(21)12-5-3-2-4-6-12)16(23)20(17)14-9-7-13(18)8-10-14/h2-10,22H,11H2,1H3/t17-/m1/s1. The van der Waals surface area contributed by atoms with E-state index in [1.165, 1.54) is 4.90 Å². The molecule has 1 saturated heterocycles. The number of halogens is 1. The van der Waals surface area contributed by atoms with Gasteiger partial charge in [-0.05, 0) is 55.5 Å². The molecule has 0 aliphatic carbocycles. The number of carbonyl (C=O) groups excluding carboxylic acids is 1. The summed E-state index contributed by atoms with van der Waals surface area (Å²) in [6.45, 7) is 1.77. The second-order valence-corrected chi connectivity index (χ2v) is 6.85. The average Bonchev–Trinajstić information content (AvgIpc) is 2.78. The summed E-state index contributed by atoms with van der Waals surface area (Å²) in [4.78, 5) is 15.7. The molecule has 0 aromatic heterocycles. The maximum atomic E-state index is 12.7. The van der Waals surface area contributed by atoms with Gasteiger partial charge in [-0.25, -0.2) is 0 Å². The van der Waals surface area contributed by atoms with Gasteiger partial charge in [-0.3, -0.25) is 14.6 Å². The average molecular weight is 391 g/mol. The van der Waals surface area contributed by atoms with E-state index in [4.69, 9.17) is 12.2 Å². The van der Waals surface area contributed by atoms with Crippen LogP contribution in [0.15, 0.2) is 59.1 Å². The van der Waals surface area contributed by atoms with Crippen LogP contribution < -0.4 is 4.90 Å². The molecule has 1 fully saturated rings. The Kier molecular flexibility index (Phi) is 4.23. The van der Waals surface area contributed by atoms with Crippen LogP contribution in [0.1, 0.15) is 17.3 Å². The van der Waals surface area contributed by atoms with Gasteiger partial charge in [0.1, 0.15) is 0 Å². The molecule has 1 aliphatic heterocycles. The third-order valence-electron chi connectivity index (χ3n) is 3.71. The molecule has 0 spiro atoms. The SMILES string of the molecule is C[C@@]1(O)CN(C(=O)c2ccccc2)C(=S)N1c1ccc(Br)cc1. The van der Waals surface area contributed by atoms with Crippen molar-refractivity contribution in [2.24, 2.45) is 0 Å². The molecule has 1 aliphatic rings. The fraction of sp³-hybridized carbons (Fsp3) is 0.176. The summed E-state index contributed by atoms with van der Waals surface area (Å²) >= 11 is 8.85. The van der Waals surface area contributed by atoms with Crippen LogP contribution in [0.3, 0.4) is 0 Å². The Morgan fingerprint density at radius 2 is 1.78 bits per heavy atom. The Labute approximate surface area is 148 Å².